The first-order chi connectivity index (χ1) is 9.86. The van der Waals surface area contributed by atoms with Gasteiger partial charge in [-0.3, -0.25) is 9.59 Å². The van der Waals surface area contributed by atoms with Crippen LogP contribution >= 0.6 is 0 Å². The fourth-order valence-electron chi connectivity index (χ4n) is 2.14. The second kappa shape index (κ2) is 7.81. The number of benzene rings is 1. The highest BCUT2D eigenvalue weighted by Crippen LogP contribution is 2.23. The molecular weight excluding hydrogens is 264 g/mol. The van der Waals surface area contributed by atoms with Gasteiger partial charge in [-0.15, -0.1) is 0 Å². The molecule has 1 rings (SSSR count). The molecule has 4 heteroatoms. The largest absolute Gasteiger partial charge is 0.354 e. The Bertz CT molecular complexity index is 512. The van der Waals surface area contributed by atoms with Crippen LogP contribution in [0.25, 0.3) is 0 Å². The molecule has 2 amide bonds. The van der Waals surface area contributed by atoms with E-state index in [-0.39, 0.29) is 17.9 Å². The molecule has 1 N–H and O–H groups in total. The third-order valence-corrected chi connectivity index (χ3v) is 3.83. The molecule has 0 aliphatic rings. The minimum absolute atomic E-state index is 0.0130. The molecule has 4 nitrogen and oxygen atoms in total. The Balaban J connectivity index is 2.78. The number of nitrogens with zero attached hydrogens (tertiary/aromatic N) is 1. The number of hydrogen-bond acceptors (Lipinski definition) is 2. The van der Waals surface area contributed by atoms with E-state index in [9.17, 15) is 9.59 Å². The lowest BCUT2D eigenvalue weighted by Crippen LogP contribution is -2.37. The van der Waals surface area contributed by atoms with Crippen molar-refractivity contribution in [1.82, 2.24) is 5.32 Å². The van der Waals surface area contributed by atoms with Crippen molar-refractivity contribution in [3.63, 3.8) is 0 Å². The quantitative estimate of drug-likeness (QED) is 0.875. The topological polar surface area (TPSA) is 49.4 Å². The van der Waals surface area contributed by atoms with Gasteiger partial charge in [0.1, 0.15) is 0 Å². The molecule has 0 aliphatic heterocycles. The fraction of sp³-hybridized carbons (Fsp3) is 0.529. The summed E-state index contributed by atoms with van der Waals surface area (Å²) >= 11 is 0. The van der Waals surface area contributed by atoms with Crippen molar-refractivity contribution in [3.05, 3.63) is 29.3 Å². The lowest BCUT2D eigenvalue weighted by molar-refractivity contribution is -0.121. The van der Waals surface area contributed by atoms with E-state index in [2.05, 4.69) is 5.32 Å². The fourth-order valence-corrected chi connectivity index (χ4v) is 2.14. The van der Waals surface area contributed by atoms with Gasteiger partial charge >= 0.3 is 0 Å². The molecule has 0 aromatic heterocycles. The lowest BCUT2D eigenvalue weighted by atomic mass is 10.1. The SMILES string of the molecule is CCC(C)NC(=O)CCN(C(C)=O)c1cccc(C)c1C. The number of nitrogens with one attached hydrogen (secondary N) is 1. The van der Waals surface area contributed by atoms with Crippen LogP contribution in [0.3, 0.4) is 0 Å². The molecule has 1 aromatic carbocycles. The van der Waals surface area contributed by atoms with Crippen molar-refractivity contribution < 1.29 is 9.59 Å². The van der Waals surface area contributed by atoms with E-state index in [1.807, 2.05) is 45.9 Å². The lowest BCUT2D eigenvalue weighted by Gasteiger charge is -2.24. The third kappa shape index (κ3) is 4.88. The maximum Gasteiger partial charge on any atom is 0.223 e. The van der Waals surface area contributed by atoms with Crippen molar-refractivity contribution in [1.29, 1.82) is 0 Å². The Labute approximate surface area is 127 Å². The molecule has 0 radical (unpaired) electrons. The molecule has 1 atom stereocenters. The van der Waals surface area contributed by atoms with Crippen LogP contribution in [0.5, 0.6) is 0 Å². The van der Waals surface area contributed by atoms with Crippen LogP contribution in [-0.4, -0.2) is 24.4 Å². The molecule has 116 valence electrons. The number of carbonyl (C=O) groups excluding carboxylic acids is 2. The van der Waals surface area contributed by atoms with Gasteiger partial charge in [0, 0.05) is 31.6 Å². The van der Waals surface area contributed by atoms with E-state index in [0.717, 1.165) is 23.2 Å². The summed E-state index contributed by atoms with van der Waals surface area (Å²) in [7, 11) is 0. The highest BCUT2D eigenvalue weighted by molar-refractivity contribution is 5.93. The molecular formula is C17H26N2O2. The van der Waals surface area contributed by atoms with Gasteiger partial charge in [-0.2, -0.15) is 0 Å². The summed E-state index contributed by atoms with van der Waals surface area (Å²) in [4.78, 5) is 25.4. The average molecular weight is 290 g/mol. The van der Waals surface area contributed by atoms with E-state index < -0.39 is 0 Å². The van der Waals surface area contributed by atoms with E-state index in [0.29, 0.717) is 13.0 Å². The zero-order valence-electron chi connectivity index (χ0n) is 13.7. The van der Waals surface area contributed by atoms with Crippen LogP contribution in [0.1, 0.15) is 44.7 Å². The van der Waals surface area contributed by atoms with Crippen LogP contribution in [0, 0.1) is 13.8 Å². The molecule has 0 aliphatic carbocycles. The molecule has 0 spiro atoms. The standard InChI is InChI=1S/C17H26N2O2/c1-6-13(3)18-17(21)10-11-19(15(5)20)16-9-7-8-12(2)14(16)4/h7-9,13H,6,10-11H2,1-5H3,(H,18,21). The first-order valence-electron chi connectivity index (χ1n) is 7.50. The number of amides is 2. The summed E-state index contributed by atoms with van der Waals surface area (Å²) < 4.78 is 0. The predicted molar refractivity (Wildman–Crippen MR) is 86.5 cm³/mol. The zero-order chi connectivity index (χ0) is 16.0. The molecule has 0 fully saturated rings. The Hall–Kier alpha value is -1.84. The minimum Gasteiger partial charge on any atom is -0.354 e. The molecule has 1 aromatic rings. The molecule has 1 unspecified atom stereocenters. The number of anilines is 1. The molecule has 0 heterocycles. The van der Waals surface area contributed by atoms with Crippen LogP contribution < -0.4 is 10.2 Å². The Morgan fingerprint density at radius 1 is 1.29 bits per heavy atom. The van der Waals surface area contributed by atoms with Crippen LogP contribution in [0.2, 0.25) is 0 Å². The number of carbonyl (C=O) groups is 2. The maximum absolute atomic E-state index is 11.9. The number of hydrogen-bond donors (Lipinski definition) is 1. The first-order valence-corrected chi connectivity index (χ1v) is 7.50. The molecule has 0 saturated heterocycles. The second-order valence-electron chi connectivity index (χ2n) is 5.52. The van der Waals surface area contributed by atoms with Crippen molar-refractivity contribution >= 4 is 17.5 Å². The van der Waals surface area contributed by atoms with E-state index >= 15 is 0 Å². The van der Waals surface area contributed by atoms with Crippen LogP contribution in [-0.2, 0) is 9.59 Å². The van der Waals surface area contributed by atoms with Crippen molar-refractivity contribution in [2.75, 3.05) is 11.4 Å². The number of aryl methyl sites for hydroxylation is 1. The Morgan fingerprint density at radius 2 is 1.95 bits per heavy atom. The third-order valence-electron chi connectivity index (χ3n) is 3.83. The summed E-state index contributed by atoms with van der Waals surface area (Å²) in [5.41, 5.74) is 3.11. The molecule has 0 bridgehead atoms. The van der Waals surface area contributed by atoms with Crippen LogP contribution in [0.4, 0.5) is 5.69 Å². The van der Waals surface area contributed by atoms with Gasteiger partial charge in [0.15, 0.2) is 0 Å². The van der Waals surface area contributed by atoms with Gasteiger partial charge in [-0.1, -0.05) is 19.1 Å². The smallest absolute Gasteiger partial charge is 0.223 e. The van der Waals surface area contributed by atoms with Gasteiger partial charge in [-0.05, 0) is 44.4 Å². The predicted octanol–water partition coefficient (Wildman–Crippen LogP) is 2.96. The summed E-state index contributed by atoms with van der Waals surface area (Å²) in [6, 6.07) is 6.06. The maximum atomic E-state index is 11.9. The highest BCUT2D eigenvalue weighted by Gasteiger charge is 2.16. The summed E-state index contributed by atoms with van der Waals surface area (Å²) in [5, 5.41) is 2.92. The average Bonchev–Trinajstić information content (AvgIpc) is 2.42. The normalized spacial score (nSPS) is 11.9. The van der Waals surface area contributed by atoms with E-state index in [4.69, 9.17) is 0 Å². The van der Waals surface area contributed by atoms with Crippen molar-refractivity contribution in [3.8, 4) is 0 Å². The monoisotopic (exact) mass is 290 g/mol. The van der Waals surface area contributed by atoms with E-state index in [1.165, 1.54) is 6.92 Å². The van der Waals surface area contributed by atoms with Gasteiger partial charge in [0.05, 0.1) is 0 Å². The van der Waals surface area contributed by atoms with Gasteiger partial charge in [0.25, 0.3) is 0 Å². The summed E-state index contributed by atoms with van der Waals surface area (Å²) in [6.07, 6.45) is 1.22. The first kappa shape index (κ1) is 17.2. The Kier molecular flexibility index (Phi) is 6.40. The zero-order valence-corrected chi connectivity index (χ0v) is 13.7. The van der Waals surface area contributed by atoms with Crippen LogP contribution in [0.15, 0.2) is 18.2 Å². The molecule has 21 heavy (non-hydrogen) atoms. The summed E-state index contributed by atoms with van der Waals surface area (Å²) in [5.74, 6) is -0.0547. The minimum atomic E-state index is -0.0416. The van der Waals surface area contributed by atoms with Gasteiger partial charge < -0.3 is 10.2 Å². The number of rotatable bonds is 6. The van der Waals surface area contributed by atoms with E-state index in [1.54, 1.807) is 4.90 Å². The highest BCUT2D eigenvalue weighted by atomic mass is 16.2. The molecule has 0 saturated carbocycles. The van der Waals surface area contributed by atoms with Crippen molar-refractivity contribution in [2.45, 2.75) is 53.5 Å². The van der Waals surface area contributed by atoms with Gasteiger partial charge in [0.2, 0.25) is 11.8 Å². The van der Waals surface area contributed by atoms with Crippen molar-refractivity contribution in [2.24, 2.45) is 0 Å². The Morgan fingerprint density at radius 3 is 2.52 bits per heavy atom. The van der Waals surface area contributed by atoms with Gasteiger partial charge in [-0.25, -0.2) is 0 Å². The second-order valence-corrected chi connectivity index (χ2v) is 5.52. The summed E-state index contributed by atoms with van der Waals surface area (Å²) in [6.45, 7) is 9.97.